The number of morpholine rings is 1. The van der Waals surface area contributed by atoms with Gasteiger partial charge in [0, 0.05) is 45.3 Å². The average molecular weight is 417 g/mol. The lowest BCUT2D eigenvalue weighted by Gasteiger charge is -2.38. The van der Waals surface area contributed by atoms with Gasteiger partial charge in [0.2, 0.25) is 0 Å². The van der Waals surface area contributed by atoms with Crippen LogP contribution in [0.1, 0.15) is 50.0 Å². The maximum absolute atomic E-state index is 12.7. The number of amides is 1. The molecule has 30 heavy (non-hydrogen) atoms. The first kappa shape index (κ1) is 21.5. The van der Waals surface area contributed by atoms with Crippen LogP contribution < -0.4 is 4.90 Å². The van der Waals surface area contributed by atoms with E-state index in [4.69, 9.17) is 9.47 Å². The van der Waals surface area contributed by atoms with Crippen molar-refractivity contribution in [3.63, 3.8) is 0 Å². The summed E-state index contributed by atoms with van der Waals surface area (Å²) in [4.78, 5) is 24.1. The highest BCUT2D eigenvalue weighted by molar-refractivity contribution is 5.92. The third kappa shape index (κ3) is 5.31. The highest BCUT2D eigenvalue weighted by Gasteiger charge is 2.27. The van der Waals surface area contributed by atoms with Crippen LogP contribution in [0.15, 0.2) is 18.2 Å². The van der Waals surface area contributed by atoms with Gasteiger partial charge in [-0.25, -0.2) is 4.98 Å². The number of likely N-dealkylation sites (tertiary alicyclic amines) is 1. The monoisotopic (exact) mass is 416 g/mol. The summed E-state index contributed by atoms with van der Waals surface area (Å²) in [6.45, 7) is 11.2. The fourth-order valence-electron chi connectivity index (χ4n) is 4.67. The minimum atomic E-state index is 0.00566. The minimum absolute atomic E-state index is 0.00566. The van der Waals surface area contributed by atoms with E-state index in [1.807, 2.05) is 23.1 Å². The van der Waals surface area contributed by atoms with Gasteiger partial charge in [0.25, 0.3) is 5.91 Å². The highest BCUT2D eigenvalue weighted by Crippen LogP contribution is 2.24. The van der Waals surface area contributed by atoms with Crippen LogP contribution in [0.25, 0.3) is 0 Å². The maximum Gasteiger partial charge on any atom is 0.272 e. The Balaban J connectivity index is 1.26. The quantitative estimate of drug-likeness (QED) is 0.735. The Morgan fingerprint density at radius 2 is 1.63 bits per heavy atom. The maximum atomic E-state index is 12.7. The van der Waals surface area contributed by atoms with E-state index in [2.05, 4.69) is 28.6 Å². The van der Waals surface area contributed by atoms with Crippen LogP contribution in [0, 0.1) is 0 Å². The van der Waals surface area contributed by atoms with Gasteiger partial charge in [-0.05, 0) is 51.7 Å². The summed E-state index contributed by atoms with van der Waals surface area (Å²) < 4.78 is 11.8. The molecule has 3 aliphatic rings. The second-order valence-corrected chi connectivity index (χ2v) is 8.94. The van der Waals surface area contributed by atoms with Crippen molar-refractivity contribution in [2.75, 3.05) is 57.4 Å². The van der Waals surface area contributed by atoms with Crippen molar-refractivity contribution in [3.8, 4) is 0 Å². The molecule has 4 rings (SSSR count). The number of hydrogen-bond donors (Lipinski definition) is 0. The van der Waals surface area contributed by atoms with Gasteiger partial charge < -0.3 is 24.2 Å². The lowest BCUT2D eigenvalue weighted by Crippen LogP contribution is -2.44. The van der Waals surface area contributed by atoms with Crippen LogP contribution in [0.3, 0.4) is 0 Å². The number of pyridine rings is 1. The third-order valence-corrected chi connectivity index (χ3v) is 6.61. The van der Waals surface area contributed by atoms with E-state index in [1.54, 1.807) is 0 Å². The summed E-state index contributed by atoms with van der Waals surface area (Å²) in [5, 5.41) is 0. The van der Waals surface area contributed by atoms with E-state index in [-0.39, 0.29) is 5.91 Å². The first-order valence-corrected chi connectivity index (χ1v) is 11.6. The molecule has 0 radical (unpaired) electrons. The third-order valence-electron chi connectivity index (χ3n) is 6.61. The second-order valence-electron chi connectivity index (χ2n) is 8.94. The molecule has 1 aromatic rings. The van der Waals surface area contributed by atoms with Gasteiger partial charge >= 0.3 is 0 Å². The van der Waals surface area contributed by atoms with Gasteiger partial charge in [-0.1, -0.05) is 6.07 Å². The van der Waals surface area contributed by atoms with Crippen molar-refractivity contribution < 1.29 is 14.3 Å². The average Bonchev–Trinajstić information content (AvgIpc) is 2.80. The van der Waals surface area contributed by atoms with E-state index in [0.717, 1.165) is 57.7 Å². The topological polar surface area (TPSA) is 58.1 Å². The summed E-state index contributed by atoms with van der Waals surface area (Å²) >= 11 is 0. The fourth-order valence-corrected chi connectivity index (χ4v) is 4.67. The largest absolute Gasteiger partial charge is 0.378 e. The lowest BCUT2D eigenvalue weighted by molar-refractivity contribution is -0.0540. The minimum Gasteiger partial charge on any atom is -0.378 e. The van der Waals surface area contributed by atoms with Gasteiger partial charge in [-0.2, -0.15) is 0 Å². The SMILES string of the molecule is CC(C)N1CCC(OC2CCN(c3cccc(C(=O)N4CCOCC4)n3)CC2)CC1. The van der Waals surface area contributed by atoms with E-state index >= 15 is 0 Å². The Kier molecular flexibility index (Phi) is 7.23. The van der Waals surface area contributed by atoms with Gasteiger partial charge in [0.05, 0.1) is 25.4 Å². The molecule has 0 aliphatic carbocycles. The normalized spacial score (nSPS) is 22.6. The van der Waals surface area contributed by atoms with Crippen molar-refractivity contribution >= 4 is 11.7 Å². The Labute approximate surface area is 180 Å². The molecule has 1 aromatic heterocycles. The van der Waals surface area contributed by atoms with E-state index in [1.165, 1.54) is 0 Å². The van der Waals surface area contributed by atoms with Gasteiger partial charge in [-0.15, -0.1) is 0 Å². The smallest absolute Gasteiger partial charge is 0.272 e. The molecule has 1 amide bonds. The zero-order chi connectivity index (χ0) is 20.9. The number of rotatable bonds is 5. The van der Waals surface area contributed by atoms with Crippen LogP contribution in [-0.4, -0.2) is 91.4 Å². The molecule has 0 unspecified atom stereocenters. The van der Waals surface area contributed by atoms with Crippen molar-refractivity contribution in [2.24, 2.45) is 0 Å². The Morgan fingerprint density at radius 3 is 2.27 bits per heavy atom. The second kappa shape index (κ2) is 10.1. The van der Waals surface area contributed by atoms with Crippen LogP contribution in [0.4, 0.5) is 5.82 Å². The number of piperidine rings is 2. The predicted molar refractivity (Wildman–Crippen MR) is 117 cm³/mol. The Bertz CT molecular complexity index is 691. The van der Waals surface area contributed by atoms with E-state index in [0.29, 0.717) is 50.2 Å². The molecule has 4 heterocycles. The highest BCUT2D eigenvalue weighted by atomic mass is 16.5. The first-order chi connectivity index (χ1) is 14.6. The molecule has 0 atom stereocenters. The number of carbonyl (C=O) groups excluding carboxylic acids is 1. The van der Waals surface area contributed by atoms with Crippen molar-refractivity contribution in [2.45, 2.75) is 57.8 Å². The van der Waals surface area contributed by atoms with E-state index in [9.17, 15) is 4.79 Å². The molecule has 3 saturated heterocycles. The Hall–Kier alpha value is -1.70. The first-order valence-electron chi connectivity index (χ1n) is 11.6. The molecule has 0 N–H and O–H groups in total. The van der Waals surface area contributed by atoms with Crippen LogP contribution >= 0.6 is 0 Å². The Morgan fingerprint density at radius 1 is 1.00 bits per heavy atom. The summed E-state index contributed by atoms with van der Waals surface area (Å²) in [5.74, 6) is 0.906. The number of hydrogen-bond acceptors (Lipinski definition) is 6. The molecule has 7 heteroatoms. The van der Waals surface area contributed by atoms with Gasteiger partial charge in [-0.3, -0.25) is 4.79 Å². The van der Waals surface area contributed by atoms with Crippen LogP contribution in [-0.2, 0) is 9.47 Å². The van der Waals surface area contributed by atoms with Gasteiger partial charge in [0.15, 0.2) is 0 Å². The summed E-state index contributed by atoms with van der Waals surface area (Å²) in [5.41, 5.74) is 0.532. The van der Waals surface area contributed by atoms with E-state index < -0.39 is 0 Å². The predicted octanol–water partition coefficient (Wildman–Crippen LogP) is 2.41. The number of ether oxygens (including phenoxy) is 2. The zero-order valence-electron chi connectivity index (χ0n) is 18.5. The molecule has 7 nitrogen and oxygen atoms in total. The van der Waals surface area contributed by atoms with Crippen molar-refractivity contribution in [3.05, 3.63) is 23.9 Å². The molecule has 0 bridgehead atoms. The summed E-state index contributed by atoms with van der Waals surface area (Å²) in [7, 11) is 0. The molecule has 3 aliphatic heterocycles. The van der Waals surface area contributed by atoms with Crippen LogP contribution in [0.5, 0.6) is 0 Å². The number of nitrogens with zero attached hydrogens (tertiary/aromatic N) is 4. The molecular formula is C23H36N4O3. The molecule has 166 valence electrons. The standard InChI is InChI=1S/C23H36N4O3/c1-18(2)25-10-6-19(7-11-25)30-20-8-12-26(13-9-20)22-5-3-4-21(24-22)23(28)27-14-16-29-17-15-27/h3-5,18-20H,6-17H2,1-2H3. The zero-order valence-corrected chi connectivity index (χ0v) is 18.5. The number of anilines is 1. The molecular weight excluding hydrogens is 380 g/mol. The number of carbonyl (C=O) groups is 1. The van der Waals surface area contributed by atoms with Crippen molar-refractivity contribution in [1.82, 2.24) is 14.8 Å². The molecule has 0 spiro atoms. The summed E-state index contributed by atoms with van der Waals surface area (Å²) in [6, 6.07) is 6.41. The van der Waals surface area contributed by atoms with Gasteiger partial charge in [0.1, 0.15) is 11.5 Å². The molecule has 0 saturated carbocycles. The van der Waals surface area contributed by atoms with Crippen LogP contribution in [0.2, 0.25) is 0 Å². The molecule has 3 fully saturated rings. The molecule has 0 aromatic carbocycles. The number of aromatic nitrogens is 1. The fraction of sp³-hybridized carbons (Fsp3) is 0.739. The lowest BCUT2D eigenvalue weighted by atomic mass is 10.0. The van der Waals surface area contributed by atoms with Crippen molar-refractivity contribution in [1.29, 1.82) is 0 Å². The summed E-state index contributed by atoms with van der Waals surface area (Å²) in [6.07, 6.45) is 5.08.